The van der Waals surface area contributed by atoms with Gasteiger partial charge in [-0.15, -0.1) is 0 Å². The van der Waals surface area contributed by atoms with Crippen molar-refractivity contribution in [3.05, 3.63) is 59.2 Å². The van der Waals surface area contributed by atoms with Crippen LogP contribution in [0, 0.1) is 5.92 Å². The normalized spacial score (nSPS) is 26.1. The van der Waals surface area contributed by atoms with Crippen molar-refractivity contribution in [2.24, 2.45) is 5.92 Å². The number of rotatable bonds is 4. The van der Waals surface area contributed by atoms with Crippen LogP contribution in [0.2, 0.25) is 0 Å². The van der Waals surface area contributed by atoms with E-state index in [-0.39, 0.29) is 36.0 Å². The number of aliphatic hydroxyl groups excluding tert-OH is 1. The molecule has 1 unspecified atom stereocenters. The number of aryl methyl sites for hydroxylation is 2. The fourth-order valence-electron chi connectivity index (χ4n) is 6.76. The largest absolute Gasteiger partial charge is 0.508 e. The molecule has 1 aliphatic carbocycles. The molecule has 2 aliphatic heterocycles. The van der Waals surface area contributed by atoms with Crippen LogP contribution in [0.15, 0.2) is 42.5 Å². The molecule has 10 nitrogen and oxygen atoms in total. The number of ether oxygens (including phenoxy) is 1. The average molecular weight is 607 g/mol. The summed E-state index contributed by atoms with van der Waals surface area (Å²) < 4.78 is 6.53. The van der Waals surface area contributed by atoms with E-state index in [4.69, 9.17) is 4.74 Å². The molecule has 1 saturated carbocycles. The van der Waals surface area contributed by atoms with E-state index in [1.807, 2.05) is 0 Å². The molecule has 2 aromatic carbocycles. The van der Waals surface area contributed by atoms with Crippen LogP contribution >= 0.6 is 0 Å². The standard InChI is InChI=1S/C34H46N4O6/c1-38-29(21-39)33(42)37-28(19-22-12-15-26(40)16-13-22)32(41)35-18-6-11-24-9-5-10-25-14-17-27(44-31(24)25)20-36-30(34(38)43)23-7-3-2-4-8-23/h5,9-10,12-13,15-16,23,27-30,36,39-40H,2-4,6-8,11,14,17-21H2,1H3,(H,35,41)(H,37,42)/t27?,28-,29+,30+/m1/s1. The lowest BCUT2D eigenvalue weighted by Gasteiger charge is -2.37. The second-order valence-electron chi connectivity index (χ2n) is 12.4. The molecule has 2 aromatic rings. The second-order valence-corrected chi connectivity index (χ2v) is 12.4. The Balaban J connectivity index is 1.43. The minimum absolute atomic E-state index is 0.0935. The van der Waals surface area contributed by atoms with E-state index in [9.17, 15) is 24.6 Å². The molecule has 5 rings (SSSR count). The molecule has 5 N–H and O–H groups in total. The highest BCUT2D eigenvalue weighted by molar-refractivity contribution is 5.93. The third kappa shape index (κ3) is 7.71. The monoisotopic (exact) mass is 606 g/mol. The third-order valence-electron chi connectivity index (χ3n) is 9.37. The Morgan fingerprint density at radius 2 is 1.64 bits per heavy atom. The molecule has 4 atom stereocenters. The predicted octanol–water partition coefficient (Wildman–Crippen LogP) is 2.23. The Morgan fingerprint density at radius 1 is 0.909 bits per heavy atom. The number of amides is 3. The number of hydrogen-bond acceptors (Lipinski definition) is 7. The van der Waals surface area contributed by atoms with Crippen molar-refractivity contribution in [3.8, 4) is 11.5 Å². The number of nitrogens with one attached hydrogen (secondary N) is 3. The summed E-state index contributed by atoms with van der Waals surface area (Å²) in [5.41, 5.74) is 3.03. The first-order valence-corrected chi connectivity index (χ1v) is 16.1. The van der Waals surface area contributed by atoms with Crippen molar-refractivity contribution >= 4 is 17.7 Å². The molecule has 0 aromatic heterocycles. The Morgan fingerprint density at radius 3 is 2.36 bits per heavy atom. The number of carbonyl (C=O) groups is 3. The van der Waals surface area contributed by atoms with Crippen molar-refractivity contribution < 1.29 is 29.3 Å². The lowest BCUT2D eigenvalue weighted by molar-refractivity contribution is -0.144. The molecular weight excluding hydrogens is 560 g/mol. The minimum Gasteiger partial charge on any atom is -0.508 e. The van der Waals surface area contributed by atoms with E-state index in [0.29, 0.717) is 19.5 Å². The Kier molecular flexibility index (Phi) is 10.8. The van der Waals surface area contributed by atoms with E-state index in [2.05, 4.69) is 34.1 Å². The summed E-state index contributed by atoms with van der Waals surface area (Å²) in [5, 5.41) is 29.3. The van der Waals surface area contributed by atoms with Crippen LogP contribution in [-0.2, 0) is 33.6 Å². The fraction of sp³-hybridized carbons (Fsp3) is 0.559. The van der Waals surface area contributed by atoms with Crippen molar-refractivity contribution in [1.82, 2.24) is 20.9 Å². The first kappa shape index (κ1) is 31.8. The van der Waals surface area contributed by atoms with Gasteiger partial charge in [-0.3, -0.25) is 14.4 Å². The van der Waals surface area contributed by atoms with Crippen LogP contribution in [0.3, 0.4) is 0 Å². The molecule has 44 heavy (non-hydrogen) atoms. The zero-order valence-electron chi connectivity index (χ0n) is 25.6. The van der Waals surface area contributed by atoms with Gasteiger partial charge in [-0.05, 0) is 73.3 Å². The van der Waals surface area contributed by atoms with Gasteiger partial charge in [0.2, 0.25) is 17.7 Å². The summed E-state index contributed by atoms with van der Waals surface area (Å²) in [6.45, 7) is 0.333. The van der Waals surface area contributed by atoms with E-state index in [1.54, 1.807) is 19.2 Å². The van der Waals surface area contributed by atoms with Gasteiger partial charge in [0.05, 0.1) is 12.6 Å². The van der Waals surface area contributed by atoms with Crippen LogP contribution in [0.5, 0.6) is 11.5 Å². The molecule has 10 heteroatoms. The molecule has 0 radical (unpaired) electrons. The number of phenolic OH excluding ortho intramolecular Hbond substituents is 1. The van der Waals surface area contributed by atoms with E-state index in [1.165, 1.54) is 22.6 Å². The maximum Gasteiger partial charge on any atom is 0.245 e. The first-order chi connectivity index (χ1) is 21.3. The minimum atomic E-state index is -1.16. The summed E-state index contributed by atoms with van der Waals surface area (Å²) in [7, 11) is 1.55. The summed E-state index contributed by atoms with van der Waals surface area (Å²) >= 11 is 0. The molecule has 0 spiro atoms. The number of aromatic hydroxyl groups is 1. The van der Waals surface area contributed by atoms with E-state index in [0.717, 1.165) is 68.2 Å². The highest BCUT2D eigenvalue weighted by Crippen LogP contribution is 2.33. The third-order valence-corrected chi connectivity index (χ3v) is 9.37. The highest BCUT2D eigenvalue weighted by Gasteiger charge is 2.37. The molecule has 2 bridgehead atoms. The smallest absolute Gasteiger partial charge is 0.245 e. The molecule has 1 fully saturated rings. The van der Waals surface area contributed by atoms with Gasteiger partial charge in [0.1, 0.15) is 29.7 Å². The van der Waals surface area contributed by atoms with E-state index < -0.39 is 30.6 Å². The van der Waals surface area contributed by atoms with Crippen LogP contribution in [0.1, 0.15) is 61.6 Å². The quantitative estimate of drug-likeness (QED) is 0.360. The Hall–Kier alpha value is -3.63. The summed E-state index contributed by atoms with van der Waals surface area (Å²) in [6.07, 6.45) is 8.30. The molecule has 3 amide bonds. The number of para-hydroxylation sites is 1. The lowest BCUT2D eigenvalue weighted by Crippen LogP contribution is -2.60. The molecule has 0 saturated heterocycles. The van der Waals surface area contributed by atoms with Crippen LogP contribution in [0.25, 0.3) is 0 Å². The molecule has 238 valence electrons. The maximum absolute atomic E-state index is 14.1. The van der Waals surface area contributed by atoms with Gasteiger partial charge in [-0.1, -0.05) is 49.6 Å². The number of carbonyl (C=O) groups excluding carboxylic acids is 3. The van der Waals surface area contributed by atoms with Crippen molar-refractivity contribution in [1.29, 1.82) is 0 Å². The van der Waals surface area contributed by atoms with Gasteiger partial charge in [-0.25, -0.2) is 0 Å². The highest BCUT2D eigenvalue weighted by atomic mass is 16.5. The average Bonchev–Trinajstić information content (AvgIpc) is 3.04. The number of hydrogen-bond donors (Lipinski definition) is 5. The van der Waals surface area contributed by atoms with Gasteiger partial charge in [0.15, 0.2) is 0 Å². The Bertz CT molecular complexity index is 1300. The van der Waals surface area contributed by atoms with Gasteiger partial charge in [0.25, 0.3) is 0 Å². The fourth-order valence-corrected chi connectivity index (χ4v) is 6.76. The number of benzene rings is 2. The lowest BCUT2D eigenvalue weighted by atomic mass is 9.83. The zero-order valence-corrected chi connectivity index (χ0v) is 25.6. The van der Waals surface area contributed by atoms with Crippen molar-refractivity contribution in [3.63, 3.8) is 0 Å². The molecule has 3 aliphatic rings. The zero-order chi connectivity index (χ0) is 31.1. The van der Waals surface area contributed by atoms with Crippen molar-refractivity contribution in [2.45, 2.75) is 88.4 Å². The van der Waals surface area contributed by atoms with E-state index >= 15 is 0 Å². The van der Waals surface area contributed by atoms with Crippen LogP contribution in [-0.4, -0.2) is 83.8 Å². The molecule has 2 heterocycles. The first-order valence-electron chi connectivity index (χ1n) is 16.1. The topological polar surface area (TPSA) is 140 Å². The van der Waals surface area contributed by atoms with Crippen LogP contribution < -0.4 is 20.7 Å². The predicted molar refractivity (Wildman–Crippen MR) is 166 cm³/mol. The van der Waals surface area contributed by atoms with Gasteiger partial charge in [-0.2, -0.15) is 0 Å². The number of nitrogens with zero attached hydrogens (tertiary/aromatic N) is 1. The Labute approximate surface area is 259 Å². The van der Waals surface area contributed by atoms with Crippen LogP contribution in [0.4, 0.5) is 0 Å². The SMILES string of the molecule is CN1C(=O)[C@H](C2CCCCC2)NCC2CCc3cccc(c3O2)CCCNC(=O)[C@@H](Cc2ccc(O)cc2)NC(=O)[C@@H]1CO. The summed E-state index contributed by atoms with van der Waals surface area (Å²) in [4.78, 5) is 42.4. The van der Waals surface area contributed by atoms with Crippen molar-refractivity contribution in [2.75, 3.05) is 26.7 Å². The number of fused-ring (bicyclic) bond motifs is 1. The second kappa shape index (κ2) is 14.9. The van der Waals surface area contributed by atoms with Gasteiger partial charge < -0.3 is 35.8 Å². The number of aliphatic hydroxyl groups is 1. The summed E-state index contributed by atoms with van der Waals surface area (Å²) in [5.74, 6) is -0.0653. The maximum atomic E-state index is 14.1. The number of likely N-dealkylation sites (N-methyl/N-ethyl adjacent to an activating group) is 1. The van der Waals surface area contributed by atoms with Gasteiger partial charge in [0, 0.05) is 26.6 Å². The molecular formula is C34H46N4O6. The number of phenols is 1. The van der Waals surface area contributed by atoms with Gasteiger partial charge >= 0.3 is 0 Å². The summed E-state index contributed by atoms with van der Waals surface area (Å²) in [6, 6.07) is 10.1.